The van der Waals surface area contributed by atoms with Crippen molar-refractivity contribution in [2.45, 2.75) is 38.1 Å². The van der Waals surface area contributed by atoms with Gasteiger partial charge in [0.25, 0.3) is 0 Å². The van der Waals surface area contributed by atoms with E-state index in [0.29, 0.717) is 17.1 Å². The molecule has 1 aromatic rings. The summed E-state index contributed by atoms with van der Waals surface area (Å²) in [6, 6.07) is 5.48. The van der Waals surface area contributed by atoms with Gasteiger partial charge in [0.1, 0.15) is 17.6 Å². The van der Waals surface area contributed by atoms with Crippen molar-refractivity contribution < 1.29 is 19.3 Å². The zero-order valence-electron chi connectivity index (χ0n) is 11.1. The van der Waals surface area contributed by atoms with Crippen LogP contribution in [0.25, 0.3) is 0 Å². The molecule has 1 heterocycles. The van der Waals surface area contributed by atoms with E-state index in [1.165, 1.54) is 0 Å². The highest BCUT2D eigenvalue weighted by Crippen LogP contribution is 2.39. The van der Waals surface area contributed by atoms with Crippen molar-refractivity contribution in [1.29, 1.82) is 0 Å². The molecule has 2 rings (SSSR count). The first-order chi connectivity index (χ1) is 8.67. The van der Waals surface area contributed by atoms with E-state index in [0.717, 1.165) is 12.8 Å². The molecule has 0 aromatic heterocycles. The highest BCUT2D eigenvalue weighted by Gasteiger charge is 2.32. The third-order valence-corrected chi connectivity index (χ3v) is 3.38. The number of aliphatic hydroxyl groups is 1. The SMILES string of the molecule is COc1cccc(OC)c1C(O)C1CCC(C)O1. The van der Waals surface area contributed by atoms with Crippen LogP contribution in [0.5, 0.6) is 11.5 Å². The number of aliphatic hydroxyl groups excluding tert-OH is 1. The molecule has 1 N–H and O–H groups in total. The van der Waals surface area contributed by atoms with Gasteiger partial charge in [-0.25, -0.2) is 0 Å². The van der Waals surface area contributed by atoms with Crippen LogP contribution in [0.15, 0.2) is 18.2 Å². The molecule has 1 aliphatic heterocycles. The fraction of sp³-hybridized carbons (Fsp3) is 0.571. The second kappa shape index (κ2) is 5.59. The third kappa shape index (κ3) is 2.44. The van der Waals surface area contributed by atoms with Gasteiger partial charge in [-0.2, -0.15) is 0 Å². The van der Waals surface area contributed by atoms with Crippen molar-refractivity contribution >= 4 is 0 Å². The van der Waals surface area contributed by atoms with Crippen LogP contribution in [0.2, 0.25) is 0 Å². The van der Waals surface area contributed by atoms with Crippen LogP contribution in [0, 0.1) is 0 Å². The predicted octanol–water partition coefficient (Wildman–Crippen LogP) is 2.30. The van der Waals surface area contributed by atoms with Gasteiger partial charge in [-0.05, 0) is 31.9 Å². The molecule has 1 fully saturated rings. The summed E-state index contributed by atoms with van der Waals surface area (Å²) in [5.74, 6) is 1.26. The van der Waals surface area contributed by atoms with Gasteiger partial charge in [0.2, 0.25) is 0 Å². The van der Waals surface area contributed by atoms with Crippen LogP contribution in [-0.4, -0.2) is 31.5 Å². The van der Waals surface area contributed by atoms with Gasteiger partial charge in [-0.3, -0.25) is 0 Å². The van der Waals surface area contributed by atoms with Crippen molar-refractivity contribution in [2.24, 2.45) is 0 Å². The summed E-state index contributed by atoms with van der Waals surface area (Å²) in [5.41, 5.74) is 0.668. The number of ether oxygens (including phenoxy) is 3. The van der Waals surface area contributed by atoms with E-state index >= 15 is 0 Å². The molecule has 1 aliphatic rings. The number of hydrogen-bond donors (Lipinski definition) is 1. The quantitative estimate of drug-likeness (QED) is 0.893. The van der Waals surface area contributed by atoms with E-state index in [9.17, 15) is 5.11 Å². The maximum Gasteiger partial charge on any atom is 0.128 e. The summed E-state index contributed by atoms with van der Waals surface area (Å²) >= 11 is 0. The van der Waals surface area contributed by atoms with Gasteiger partial charge >= 0.3 is 0 Å². The molecule has 3 atom stereocenters. The Bertz CT molecular complexity index is 383. The lowest BCUT2D eigenvalue weighted by atomic mass is 10.00. The zero-order valence-corrected chi connectivity index (χ0v) is 11.1. The van der Waals surface area contributed by atoms with Crippen molar-refractivity contribution in [3.8, 4) is 11.5 Å². The van der Waals surface area contributed by atoms with E-state index in [4.69, 9.17) is 14.2 Å². The highest BCUT2D eigenvalue weighted by molar-refractivity contribution is 5.46. The minimum Gasteiger partial charge on any atom is -0.496 e. The second-order valence-corrected chi connectivity index (χ2v) is 4.58. The molecule has 0 spiro atoms. The maximum atomic E-state index is 10.5. The van der Waals surface area contributed by atoms with Crippen molar-refractivity contribution in [3.63, 3.8) is 0 Å². The van der Waals surface area contributed by atoms with Crippen LogP contribution in [0.4, 0.5) is 0 Å². The lowest BCUT2D eigenvalue weighted by Gasteiger charge is -2.22. The van der Waals surface area contributed by atoms with Crippen molar-refractivity contribution in [1.82, 2.24) is 0 Å². The molecule has 4 heteroatoms. The van der Waals surface area contributed by atoms with Crippen molar-refractivity contribution in [3.05, 3.63) is 23.8 Å². The van der Waals surface area contributed by atoms with Crippen LogP contribution in [0.3, 0.4) is 0 Å². The summed E-state index contributed by atoms with van der Waals surface area (Å²) < 4.78 is 16.3. The Balaban J connectivity index is 2.30. The van der Waals surface area contributed by atoms with E-state index in [1.54, 1.807) is 14.2 Å². The Hall–Kier alpha value is -1.26. The van der Waals surface area contributed by atoms with Crippen LogP contribution in [-0.2, 0) is 4.74 Å². The normalized spacial score (nSPS) is 24.9. The van der Waals surface area contributed by atoms with E-state index in [2.05, 4.69) is 0 Å². The predicted molar refractivity (Wildman–Crippen MR) is 68.1 cm³/mol. The summed E-state index contributed by atoms with van der Waals surface area (Å²) in [6.07, 6.45) is 1.11. The molecule has 0 aliphatic carbocycles. The topological polar surface area (TPSA) is 47.9 Å². The van der Waals surface area contributed by atoms with Crippen LogP contribution >= 0.6 is 0 Å². The Morgan fingerprint density at radius 3 is 2.28 bits per heavy atom. The highest BCUT2D eigenvalue weighted by atomic mass is 16.5. The lowest BCUT2D eigenvalue weighted by Crippen LogP contribution is -2.20. The first-order valence-electron chi connectivity index (χ1n) is 6.21. The van der Waals surface area contributed by atoms with E-state index in [1.807, 2.05) is 25.1 Å². The summed E-state index contributed by atoms with van der Waals surface area (Å²) in [7, 11) is 3.17. The Morgan fingerprint density at radius 1 is 1.22 bits per heavy atom. The number of hydrogen-bond acceptors (Lipinski definition) is 4. The fourth-order valence-corrected chi connectivity index (χ4v) is 2.42. The number of rotatable bonds is 4. The monoisotopic (exact) mass is 252 g/mol. The number of methoxy groups -OCH3 is 2. The zero-order chi connectivity index (χ0) is 13.1. The smallest absolute Gasteiger partial charge is 0.128 e. The van der Waals surface area contributed by atoms with Gasteiger partial charge in [0.15, 0.2) is 0 Å². The van der Waals surface area contributed by atoms with Crippen LogP contribution < -0.4 is 9.47 Å². The molecule has 0 amide bonds. The van der Waals surface area contributed by atoms with E-state index < -0.39 is 6.10 Å². The summed E-state index contributed by atoms with van der Waals surface area (Å²) in [4.78, 5) is 0. The molecule has 1 saturated heterocycles. The number of benzene rings is 1. The van der Waals surface area contributed by atoms with Gasteiger partial charge in [0, 0.05) is 0 Å². The standard InChI is InChI=1S/C14H20O4/c1-9-7-8-12(18-9)14(15)13-10(16-2)5-4-6-11(13)17-3/h4-6,9,12,14-15H,7-8H2,1-3H3. The molecule has 18 heavy (non-hydrogen) atoms. The minimum absolute atomic E-state index is 0.190. The first kappa shape index (κ1) is 13.2. The first-order valence-corrected chi connectivity index (χ1v) is 6.21. The molecular weight excluding hydrogens is 232 g/mol. The summed E-state index contributed by atoms with van der Waals surface area (Å²) in [6.45, 7) is 2.02. The average Bonchev–Trinajstić information content (AvgIpc) is 2.83. The van der Waals surface area contributed by atoms with Gasteiger partial charge in [0.05, 0.1) is 32.0 Å². The second-order valence-electron chi connectivity index (χ2n) is 4.58. The average molecular weight is 252 g/mol. The van der Waals surface area contributed by atoms with Gasteiger partial charge < -0.3 is 19.3 Å². The summed E-state index contributed by atoms with van der Waals surface area (Å²) in [5, 5.41) is 10.5. The Labute approximate surface area is 107 Å². The van der Waals surface area contributed by atoms with Gasteiger partial charge in [-0.1, -0.05) is 6.07 Å². The lowest BCUT2D eigenvalue weighted by molar-refractivity contribution is -0.0313. The third-order valence-electron chi connectivity index (χ3n) is 3.38. The molecule has 0 bridgehead atoms. The van der Waals surface area contributed by atoms with E-state index in [-0.39, 0.29) is 12.2 Å². The Morgan fingerprint density at radius 2 is 1.83 bits per heavy atom. The molecule has 0 radical (unpaired) electrons. The largest absolute Gasteiger partial charge is 0.496 e. The van der Waals surface area contributed by atoms with Crippen molar-refractivity contribution in [2.75, 3.05) is 14.2 Å². The molecule has 1 aromatic carbocycles. The minimum atomic E-state index is -0.721. The maximum absolute atomic E-state index is 10.5. The van der Waals surface area contributed by atoms with Gasteiger partial charge in [-0.15, -0.1) is 0 Å². The molecule has 100 valence electrons. The van der Waals surface area contributed by atoms with Crippen LogP contribution in [0.1, 0.15) is 31.4 Å². The molecule has 0 saturated carbocycles. The fourth-order valence-electron chi connectivity index (χ4n) is 2.42. The molecule has 4 nitrogen and oxygen atoms in total. The molecule has 3 unspecified atom stereocenters. The molecular formula is C14H20O4. The Kier molecular flexibility index (Phi) is 4.09.